The summed E-state index contributed by atoms with van der Waals surface area (Å²) in [6.45, 7) is -1.62. The van der Waals surface area contributed by atoms with E-state index < -0.39 is 54.6 Å². The number of rotatable bonds is 3. The van der Waals surface area contributed by atoms with Crippen LogP contribution < -0.4 is 11.4 Å². The molecule has 9 nitrogen and oxygen atoms in total. The minimum atomic E-state index is -1.86. The Labute approximate surface area is 111 Å². The van der Waals surface area contributed by atoms with Crippen LogP contribution in [0.1, 0.15) is 6.23 Å². The largest absolute Gasteiger partial charge is 0.393 e. The number of aromatic nitrogens is 2. The summed E-state index contributed by atoms with van der Waals surface area (Å²) < 4.78 is 19.1. The normalized spacial score (nSPS) is 28.8. The number of halogens is 1. The van der Waals surface area contributed by atoms with Crippen LogP contribution in [0.15, 0.2) is 11.0 Å². The van der Waals surface area contributed by atoms with E-state index in [1.54, 1.807) is 0 Å². The summed E-state index contributed by atoms with van der Waals surface area (Å²) in [5, 5.41) is 38.0. The molecule has 0 aliphatic carbocycles. The predicted molar refractivity (Wildman–Crippen MR) is 61.9 cm³/mol. The number of anilines is 1. The molecule has 1 aliphatic heterocycles. The van der Waals surface area contributed by atoms with Crippen molar-refractivity contribution in [1.82, 2.24) is 9.55 Å². The first-order chi connectivity index (χ1) is 9.36. The van der Waals surface area contributed by atoms with Crippen LogP contribution in [0, 0.1) is 5.82 Å². The highest BCUT2D eigenvalue weighted by Gasteiger charge is 2.54. The molecule has 3 atom stereocenters. The molecular formula is C10H14FN3O6. The van der Waals surface area contributed by atoms with Crippen LogP contribution in [0.4, 0.5) is 10.2 Å². The first-order valence-electron chi connectivity index (χ1n) is 5.66. The molecular weight excluding hydrogens is 277 g/mol. The number of aliphatic hydroxyl groups is 4. The van der Waals surface area contributed by atoms with Gasteiger partial charge < -0.3 is 30.9 Å². The summed E-state index contributed by atoms with van der Waals surface area (Å²) in [5.74, 6) is -1.63. The molecule has 20 heavy (non-hydrogen) atoms. The van der Waals surface area contributed by atoms with Crippen LogP contribution >= 0.6 is 0 Å². The van der Waals surface area contributed by atoms with Crippen molar-refractivity contribution in [2.24, 2.45) is 0 Å². The topological polar surface area (TPSA) is 151 Å². The molecule has 0 unspecified atom stereocenters. The van der Waals surface area contributed by atoms with Gasteiger partial charge in [0.2, 0.25) is 0 Å². The van der Waals surface area contributed by atoms with Crippen LogP contribution in [0.2, 0.25) is 0 Å². The van der Waals surface area contributed by atoms with Gasteiger partial charge in [-0.2, -0.15) is 4.98 Å². The van der Waals surface area contributed by atoms with Gasteiger partial charge in [-0.05, 0) is 0 Å². The number of hydrogen-bond acceptors (Lipinski definition) is 8. The fourth-order valence-corrected chi connectivity index (χ4v) is 2.02. The van der Waals surface area contributed by atoms with E-state index in [2.05, 4.69) is 4.98 Å². The quantitative estimate of drug-likeness (QED) is 0.394. The van der Waals surface area contributed by atoms with E-state index in [-0.39, 0.29) is 0 Å². The van der Waals surface area contributed by atoms with Crippen molar-refractivity contribution in [3.05, 3.63) is 22.5 Å². The fourth-order valence-electron chi connectivity index (χ4n) is 2.02. The molecule has 2 rings (SSSR count). The molecule has 1 aliphatic rings. The van der Waals surface area contributed by atoms with Crippen LogP contribution in [-0.2, 0) is 4.74 Å². The van der Waals surface area contributed by atoms with Gasteiger partial charge in [0, 0.05) is 0 Å². The summed E-state index contributed by atoms with van der Waals surface area (Å²) in [6.07, 6.45) is -4.19. The molecule has 1 fully saturated rings. The minimum Gasteiger partial charge on any atom is -0.393 e. The van der Waals surface area contributed by atoms with Crippen molar-refractivity contribution in [2.45, 2.75) is 24.0 Å². The van der Waals surface area contributed by atoms with Gasteiger partial charge in [0.1, 0.15) is 17.8 Å². The highest BCUT2D eigenvalue weighted by atomic mass is 19.1. The van der Waals surface area contributed by atoms with E-state index in [1.807, 2.05) is 0 Å². The Hall–Kier alpha value is -1.59. The van der Waals surface area contributed by atoms with Crippen molar-refractivity contribution < 1.29 is 29.6 Å². The Balaban J connectivity index is 2.45. The summed E-state index contributed by atoms with van der Waals surface area (Å²) in [7, 11) is 0. The van der Waals surface area contributed by atoms with E-state index in [4.69, 9.17) is 10.5 Å². The lowest BCUT2D eigenvalue weighted by Crippen LogP contribution is -2.49. The second-order valence-corrected chi connectivity index (χ2v) is 4.49. The van der Waals surface area contributed by atoms with Gasteiger partial charge in [-0.3, -0.25) is 4.57 Å². The molecule has 0 spiro atoms. The third-order valence-electron chi connectivity index (χ3n) is 3.25. The predicted octanol–water partition coefficient (Wildman–Crippen LogP) is -3.06. The third kappa shape index (κ3) is 2.07. The van der Waals surface area contributed by atoms with Crippen LogP contribution in [0.3, 0.4) is 0 Å². The zero-order chi connectivity index (χ0) is 15.1. The first kappa shape index (κ1) is 14.8. The monoisotopic (exact) mass is 291 g/mol. The Morgan fingerprint density at radius 3 is 2.55 bits per heavy atom. The highest BCUT2D eigenvalue weighted by molar-refractivity contribution is 5.26. The van der Waals surface area contributed by atoms with Crippen molar-refractivity contribution in [1.29, 1.82) is 0 Å². The second kappa shape index (κ2) is 5.07. The zero-order valence-corrected chi connectivity index (χ0v) is 10.2. The van der Waals surface area contributed by atoms with E-state index in [0.29, 0.717) is 10.8 Å². The summed E-state index contributed by atoms with van der Waals surface area (Å²) in [5.41, 5.74) is 2.26. The van der Waals surface area contributed by atoms with Crippen LogP contribution in [0.5, 0.6) is 0 Å². The fraction of sp³-hybridized carbons (Fsp3) is 0.600. The van der Waals surface area contributed by atoms with Gasteiger partial charge in [0.25, 0.3) is 0 Å². The SMILES string of the molecule is Nc1nc(=O)n([C@H]2OC(CO)(CO)[C@@H](O)[C@@H]2O)cc1F. The average Bonchev–Trinajstić information content (AvgIpc) is 2.68. The number of aliphatic hydroxyl groups excluding tert-OH is 4. The first-order valence-corrected chi connectivity index (χ1v) is 5.66. The van der Waals surface area contributed by atoms with E-state index in [0.717, 1.165) is 0 Å². The van der Waals surface area contributed by atoms with Gasteiger partial charge in [-0.1, -0.05) is 0 Å². The van der Waals surface area contributed by atoms with E-state index >= 15 is 0 Å². The average molecular weight is 291 g/mol. The standard InChI is InChI=1S/C10H14FN3O6/c11-4-1-14(9(19)13-7(4)12)8-5(17)6(18)10(2-15,3-16)20-8/h1,5-6,8,15-18H,2-3H2,(H2,12,13,19)/t5-,6-,8-/m0/s1. The number of nitrogens with two attached hydrogens (primary N) is 1. The molecule has 2 heterocycles. The summed E-state index contributed by atoms with van der Waals surface area (Å²) in [6, 6.07) is 0. The molecule has 0 radical (unpaired) electrons. The van der Waals surface area contributed by atoms with E-state index in [9.17, 15) is 29.6 Å². The molecule has 0 aromatic carbocycles. The minimum absolute atomic E-state index is 0.590. The number of nitrogen functional groups attached to an aromatic ring is 1. The molecule has 10 heteroatoms. The van der Waals surface area contributed by atoms with Gasteiger partial charge >= 0.3 is 5.69 Å². The third-order valence-corrected chi connectivity index (χ3v) is 3.25. The highest BCUT2D eigenvalue weighted by Crippen LogP contribution is 2.36. The lowest BCUT2D eigenvalue weighted by atomic mass is 9.97. The maximum atomic E-state index is 13.3. The van der Waals surface area contributed by atoms with Crippen LogP contribution in [-0.4, -0.2) is 61.0 Å². The summed E-state index contributed by atoms with van der Waals surface area (Å²) >= 11 is 0. The number of ether oxygens (including phenoxy) is 1. The molecule has 1 saturated heterocycles. The number of nitrogens with zero attached hydrogens (tertiary/aromatic N) is 2. The van der Waals surface area contributed by atoms with Crippen LogP contribution in [0.25, 0.3) is 0 Å². The zero-order valence-electron chi connectivity index (χ0n) is 10.2. The van der Waals surface area contributed by atoms with Gasteiger partial charge in [0.15, 0.2) is 17.9 Å². The second-order valence-electron chi connectivity index (χ2n) is 4.49. The Kier molecular flexibility index (Phi) is 3.75. The van der Waals surface area contributed by atoms with Crippen molar-refractivity contribution >= 4 is 5.82 Å². The lowest BCUT2D eigenvalue weighted by Gasteiger charge is -2.27. The van der Waals surface area contributed by atoms with Crippen molar-refractivity contribution in [3.8, 4) is 0 Å². The van der Waals surface area contributed by atoms with Crippen molar-refractivity contribution in [2.75, 3.05) is 18.9 Å². The molecule has 0 saturated carbocycles. The van der Waals surface area contributed by atoms with Gasteiger partial charge in [0.05, 0.1) is 19.4 Å². The molecule has 112 valence electrons. The lowest BCUT2D eigenvalue weighted by molar-refractivity contribution is -0.150. The maximum Gasteiger partial charge on any atom is 0.351 e. The van der Waals surface area contributed by atoms with E-state index in [1.165, 1.54) is 0 Å². The van der Waals surface area contributed by atoms with Gasteiger partial charge in [-0.25, -0.2) is 9.18 Å². The Bertz CT molecular complexity index is 560. The summed E-state index contributed by atoms with van der Waals surface area (Å²) in [4.78, 5) is 14.8. The Morgan fingerprint density at radius 1 is 1.45 bits per heavy atom. The molecule has 6 N–H and O–H groups in total. The molecule has 1 aromatic heterocycles. The molecule has 0 bridgehead atoms. The maximum absolute atomic E-state index is 13.3. The molecule has 0 amide bonds. The van der Waals surface area contributed by atoms with Gasteiger partial charge in [-0.15, -0.1) is 0 Å². The molecule has 1 aromatic rings. The smallest absolute Gasteiger partial charge is 0.351 e. The Morgan fingerprint density at radius 2 is 2.05 bits per heavy atom. The number of hydrogen-bond donors (Lipinski definition) is 5. The van der Waals surface area contributed by atoms with Crippen molar-refractivity contribution in [3.63, 3.8) is 0 Å².